The van der Waals surface area contributed by atoms with Crippen molar-refractivity contribution in [1.82, 2.24) is 5.32 Å². The molecule has 0 spiro atoms. The summed E-state index contributed by atoms with van der Waals surface area (Å²) in [5.74, 6) is -1.30. The number of aliphatic hydroxyl groups is 1. The summed E-state index contributed by atoms with van der Waals surface area (Å²) >= 11 is 5.91. The number of carbonyl (C=O) groups excluding carboxylic acids is 2. The molecule has 0 aliphatic heterocycles. The Morgan fingerprint density at radius 2 is 1.81 bits per heavy atom. The minimum atomic E-state index is -1.09. The summed E-state index contributed by atoms with van der Waals surface area (Å²) in [5.41, 5.74) is 1.31. The fourth-order valence-corrected chi connectivity index (χ4v) is 3.25. The highest BCUT2D eigenvalue weighted by Gasteiger charge is 2.35. The van der Waals surface area contributed by atoms with Gasteiger partial charge in [0.2, 0.25) is 0 Å². The van der Waals surface area contributed by atoms with Crippen LogP contribution in [0.3, 0.4) is 0 Å². The summed E-state index contributed by atoms with van der Waals surface area (Å²) in [6.45, 7) is -0.0133. The molecule has 0 unspecified atom stereocenters. The molecule has 6 nitrogen and oxygen atoms in total. The number of hydrogen-bond donors (Lipinski definition) is 3. The number of ether oxygens (including phenoxy) is 1. The molecule has 26 heavy (non-hydrogen) atoms. The zero-order chi connectivity index (χ0) is 18.7. The van der Waals surface area contributed by atoms with Gasteiger partial charge in [0.25, 0.3) is 0 Å². The van der Waals surface area contributed by atoms with Crippen LogP contribution in [-0.4, -0.2) is 36.2 Å². The molecular weight excluding hydrogens is 356 g/mol. The number of methoxy groups -OCH3 is 1. The molecule has 0 aromatic heterocycles. The number of carbonyl (C=O) groups is 2. The first-order valence-electron chi connectivity index (χ1n) is 8.12. The summed E-state index contributed by atoms with van der Waals surface area (Å²) in [6.07, 6.45) is 0.875. The number of amides is 2. The first-order valence-corrected chi connectivity index (χ1v) is 8.50. The molecule has 7 heteroatoms. The maximum atomic E-state index is 12.1. The maximum Gasteiger partial charge on any atom is 0.313 e. The largest absolute Gasteiger partial charge is 0.495 e. The Morgan fingerprint density at radius 3 is 2.42 bits per heavy atom. The Hall–Kier alpha value is -2.57. The minimum Gasteiger partial charge on any atom is -0.495 e. The van der Waals surface area contributed by atoms with Crippen molar-refractivity contribution in [3.63, 3.8) is 0 Å². The molecule has 0 saturated heterocycles. The normalized spacial score (nSPS) is 14.4. The Labute approximate surface area is 156 Å². The summed E-state index contributed by atoms with van der Waals surface area (Å²) in [5, 5.41) is 16.0. The first kappa shape index (κ1) is 18.2. The van der Waals surface area contributed by atoms with Gasteiger partial charge in [-0.25, -0.2) is 0 Å². The van der Waals surface area contributed by atoms with E-state index in [1.165, 1.54) is 13.2 Å². The van der Waals surface area contributed by atoms with Crippen molar-refractivity contribution in [2.45, 2.75) is 18.4 Å². The van der Waals surface area contributed by atoms with Crippen LogP contribution >= 0.6 is 11.6 Å². The lowest BCUT2D eigenvalue weighted by Crippen LogP contribution is -2.46. The van der Waals surface area contributed by atoms with Crippen molar-refractivity contribution < 1.29 is 19.4 Å². The van der Waals surface area contributed by atoms with E-state index in [1.54, 1.807) is 12.1 Å². The average molecular weight is 375 g/mol. The van der Waals surface area contributed by atoms with Gasteiger partial charge in [-0.05, 0) is 29.3 Å². The molecule has 1 aliphatic rings. The Kier molecular flexibility index (Phi) is 5.15. The summed E-state index contributed by atoms with van der Waals surface area (Å²) in [7, 11) is 1.45. The van der Waals surface area contributed by atoms with Gasteiger partial charge < -0.3 is 20.5 Å². The monoisotopic (exact) mass is 374 g/mol. The van der Waals surface area contributed by atoms with Crippen LogP contribution in [0, 0.1) is 0 Å². The maximum absolute atomic E-state index is 12.1. The zero-order valence-electron chi connectivity index (χ0n) is 14.2. The molecule has 2 amide bonds. The van der Waals surface area contributed by atoms with E-state index >= 15 is 0 Å². The van der Waals surface area contributed by atoms with Crippen LogP contribution in [-0.2, 0) is 22.4 Å². The van der Waals surface area contributed by atoms with E-state index in [1.807, 2.05) is 24.3 Å². The van der Waals surface area contributed by atoms with Gasteiger partial charge in [0, 0.05) is 24.4 Å². The SMILES string of the molecule is COc1ccc(Cl)cc1NC(=O)C(=O)NCC1(O)Cc2ccccc2C1. The summed E-state index contributed by atoms with van der Waals surface area (Å²) in [6, 6.07) is 12.4. The zero-order valence-corrected chi connectivity index (χ0v) is 15.0. The molecule has 1 aliphatic carbocycles. The van der Waals surface area contributed by atoms with Crippen molar-refractivity contribution in [2.24, 2.45) is 0 Å². The standard InChI is InChI=1S/C19H19ClN2O4/c1-26-16-7-6-14(20)8-15(16)22-18(24)17(23)21-11-19(25)9-12-4-2-3-5-13(12)10-19/h2-8,25H,9-11H2,1H3,(H,21,23)(H,22,24). The Morgan fingerprint density at radius 1 is 1.15 bits per heavy atom. The molecular formula is C19H19ClN2O4. The van der Waals surface area contributed by atoms with Gasteiger partial charge in [-0.1, -0.05) is 35.9 Å². The van der Waals surface area contributed by atoms with Crippen LogP contribution in [0.25, 0.3) is 0 Å². The van der Waals surface area contributed by atoms with Crippen LogP contribution in [0.4, 0.5) is 5.69 Å². The third-order valence-electron chi connectivity index (χ3n) is 4.35. The van der Waals surface area contributed by atoms with Crippen molar-refractivity contribution in [2.75, 3.05) is 19.0 Å². The van der Waals surface area contributed by atoms with Crippen LogP contribution in [0.5, 0.6) is 5.75 Å². The second-order valence-electron chi connectivity index (χ2n) is 6.33. The highest BCUT2D eigenvalue weighted by Crippen LogP contribution is 2.30. The highest BCUT2D eigenvalue weighted by molar-refractivity contribution is 6.40. The smallest absolute Gasteiger partial charge is 0.313 e. The van der Waals surface area contributed by atoms with Crippen molar-refractivity contribution in [3.05, 3.63) is 58.6 Å². The van der Waals surface area contributed by atoms with Gasteiger partial charge in [0.15, 0.2) is 0 Å². The number of hydrogen-bond acceptors (Lipinski definition) is 4. The van der Waals surface area contributed by atoms with Gasteiger partial charge in [-0.2, -0.15) is 0 Å². The molecule has 3 N–H and O–H groups in total. The Balaban J connectivity index is 1.59. The van der Waals surface area contributed by atoms with Gasteiger partial charge in [-0.15, -0.1) is 0 Å². The van der Waals surface area contributed by atoms with E-state index in [4.69, 9.17) is 16.3 Å². The summed E-state index contributed by atoms with van der Waals surface area (Å²) < 4.78 is 5.13. The van der Waals surface area contributed by atoms with E-state index in [2.05, 4.69) is 10.6 Å². The highest BCUT2D eigenvalue weighted by atomic mass is 35.5. The lowest BCUT2D eigenvalue weighted by Gasteiger charge is -2.22. The van der Waals surface area contributed by atoms with Crippen LogP contribution in [0.1, 0.15) is 11.1 Å². The van der Waals surface area contributed by atoms with Crippen molar-refractivity contribution >= 4 is 29.1 Å². The molecule has 0 radical (unpaired) electrons. The third-order valence-corrected chi connectivity index (χ3v) is 4.59. The van der Waals surface area contributed by atoms with Crippen molar-refractivity contribution in [1.29, 1.82) is 0 Å². The van der Waals surface area contributed by atoms with Crippen molar-refractivity contribution in [3.8, 4) is 5.75 Å². The minimum absolute atomic E-state index is 0.0133. The van der Waals surface area contributed by atoms with E-state index in [0.717, 1.165) is 11.1 Å². The van der Waals surface area contributed by atoms with Gasteiger partial charge in [0.1, 0.15) is 5.75 Å². The molecule has 0 atom stereocenters. The predicted molar refractivity (Wildman–Crippen MR) is 98.4 cm³/mol. The molecule has 0 fully saturated rings. The summed E-state index contributed by atoms with van der Waals surface area (Å²) in [4.78, 5) is 24.2. The number of rotatable bonds is 4. The first-order chi connectivity index (χ1) is 12.4. The van der Waals surface area contributed by atoms with Gasteiger partial charge in [0.05, 0.1) is 18.4 Å². The lowest BCUT2D eigenvalue weighted by atomic mass is 10.0. The van der Waals surface area contributed by atoms with E-state index in [0.29, 0.717) is 29.3 Å². The fourth-order valence-electron chi connectivity index (χ4n) is 3.08. The topological polar surface area (TPSA) is 87.7 Å². The number of halogens is 1. The van der Waals surface area contributed by atoms with Crippen LogP contribution in [0.15, 0.2) is 42.5 Å². The third kappa shape index (κ3) is 3.98. The van der Waals surface area contributed by atoms with E-state index in [-0.39, 0.29) is 6.54 Å². The van der Waals surface area contributed by atoms with E-state index in [9.17, 15) is 14.7 Å². The fraction of sp³-hybridized carbons (Fsp3) is 0.263. The number of fused-ring (bicyclic) bond motifs is 1. The number of anilines is 1. The predicted octanol–water partition coefficient (Wildman–Crippen LogP) is 1.93. The van der Waals surface area contributed by atoms with E-state index < -0.39 is 17.4 Å². The van der Waals surface area contributed by atoms with Crippen LogP contribution < -0.4 is 15.4 Å². The Bertz CT molecular complexity index is 828. The molecule has 136 valence electrons. The molecule has 3 rings (SSSR count). The second kappa shape index (κ2) is 7.35. The molecule has 0 bridgehead atoms. The molecule has 2 aromatic carbocycles. The molecule has 2 aromatic rings. The quantitative estimate of drug-likeness (QED) is 0.714. The van der Waals surface area contributed by atoms with Crippen LogP contribution in [0.2, 0.25) is 5.02 Å². The average Bonchev–Trinajstić information content (AvgIpc) is 2.96. The lowest BCUT2D eigenvalue weighted by molar-refractivity contribution is -0.136. The molecule has 0 heterocycles. The van der Waals surface area contributed by atoms with Gasteiger partial charge in [-0.3, -0.25) is 9.59 Å². The number of benzene rings is 2. The van der Waals surface area contributed by atoms with Gasteiger partial charge >= 0.3 is 11.8 Å². The molecule has 0 saturated carbocycles. The number of nitrogens with one attached hydrogen (secondary N) is 2. The second-order valence-corrected chi connectivity index (χ2v) is 6.76.